The van der Waals surface area contributed by atoms with E-state index >= 15 is 0 Å². The predicted molar refractivity (Wildman–Crippen MR) is 251 cm³/mol. The Bertz CT molecular complexity index is 3300. The number of para-hydroxylation sites is 2. The van der Waals surface area contributed by atoms with Gasteiger partial charge in [0.15, 0.2) is 5.58 Å². The van der Waals surface area contributed by atoms with Gasteiger partial charge in [0.05, 0.1) is 5.69 Å². The molecule has 1 aromatic heterocycles. The Kier molecular flexibility index (Phi) is 8.83. The molecule has 0 fully saturated rings. The standard InChI is InChI=1S/C57H38N2O/c1-5-18-39(19-6-1)47-28-13-14-29-48(47)42-24-17-25-43(36-42)49-30-15-16-31-54(49)59(45-26-11-4-12-27-45)46-33-34-50-51(40-20-7-2-8-21-40)37-44-32-35-53-56(55(44)52(50)38-46)60-57(58-53)41-22-9-3-10-23-41/h1-38H. The number of oxazole rings is 1. The monoisotopic (exact) mass is 766 g/mol. The molecule has 11 aromatic rings. The van der Waals surface area contributed by atoms with E-state index in [9.17, 15) is 0 Å². The maximum atomic E-state index is 6.73. The number of aromatic nitrogens is 1. The van der Waals surface area contributed by atoms with E-state index in [0.717, 1.165) is 66.4 Å². The zero-order chi connectivity index (χ0) is 39.8. The number of hydrogen-bond acceptors (Lipinski definition) is 3. The van der Waals surface area contributed by atoms with Crippen molar-refractivity contribution in [2.75, 3.05) is 4.90 Å². The van der Waals surface area contributed by atoms with Crippen LogP contribution in [0.5, 0.6) is 0 Å². The molecule has 0 N–H and O–H groups in total. The maximum absolute atomic E-state index is 6.73. The van der Waals surface area contributed by atoms with E-state index in [1.807, 2.05) is 30.3 Å². The highest BCUT2D eigenvalue weighted by Crippen LogP contribution is 2.46. The zero-order valence-electron chi connectivity index (χ0n) is 32.7. The second-order valence-corrected chi connectivity index (χ2v) is 15.1. The summed E-state index contributed by atoms with van der Waals surface area (Å²) in [5, 5.41) is 4.39. The summed E-state index contributed by atoms with van der Waals surface area (Å²) in [6, 6.07) is 81.9. The van der Waals surface area contributed by atoms with Crippen molar-refractivity contribution in [1.29, 1.82) is 0 Å². The fourth-order valence-corrected chi connectivity index (χ4v) is 8.69. The Balaban J connectivity index is 1.13. The van der Waals surface area contributed by atoms with Crippen molar-refractivity contribution < 1.29 is 4.42 Å². The summed E-state index contributed by atoms with van der Waals surface area (Å²) in [5.74, 6) is 0.614. The summed E-state index contributed by atoms with van der Waals surface area (Å²) in [5.41, 5.74) is 15.1. The molecule has 0 unspecified atom stereocenters. The average Bonchev–Trinajstić information content (AvgIpc) is 3.78. The highest BCUT2D eigenvalue weighted by molar-refractivity contribution is 6.22. The first kappa shape index (κ1) is 35.2. The summed E-state index contributed by atoms with van der Waals surface area (Å²) >= 11 is 0. The molecular formula is C57H38N2O. The van der Waals surface area contributed by atoms with Crippen LogP contribution >= 0.6 is 0 Å². The minimum atomic E-state index is 0.614. The molecule has 0 aliphatic rings. The first-order valence-corrected chi connectivity index (χ1v) is 20.4. The van der Waals surface area contributed by atoms with Gasteiger partial charge in [0.1, 0.15) is 5.52 Å². The SMILES string of the molecule is c1ccc(-c2nc3ccc4cc(-c5ccccc5)c5ccc(N(c6ccccc6)c6ccccc6-c6cccc(-c7ccccc7-c7ccccc7)c6)cc5c4c3o2)cc1. The van der Waals surface area contributed by atoms with Crippen molar-refractivity contribution in [2.45, 2.75) is 0 Å². The summed E-state index contributed by atoms with van der Waals surface area (Å²) < 4.78 is 6.73. The van der Waals surface area contributed by atoms with Gasteiger partial charge < -0.3 is 9.32 Å². The molecule has 0 radical (unpaired) electrons. The second kappa shape index (κ2) is 15.1. The Hall–Kier alpha value is -8.01. The van der Waals surface area contributed by atoms with Gasteiger partial charge in [-0.25, -0.2) is 4.98 Å². The van der Waals surface area contributed by atoms with Crippen LogP contribution in [0.2, 0.25) is 0 Å². The van der Waals surface area contributed by atoms with Crippen LogP contribution in [0.3, 0.4) is 0 Å². The Morgan fingerprint density at radius 1 is 0.350 bits per heavy atom. The van der Waals surface area contributed by atoms with Crippen LogP contribution < -0.4 is 4.90 Å². The zero-order valence-corrected chi connectivity index (χ0v) is 32.7. The molecule has 0 aliphatic heterocycles. The number of fused-ring (bicyclic) bond motifs is 5. The quantitative estimate of drug-likeness (QED) is 0.144. The van der Waals surface area contributed by atoms with Crippen molar-refractivity contribution in [2.24, 2.45) is 0 Å². The van der Waals surface area contributed by atoms with E-state index in [0.29, 0.717) is 5.89 Å². The number of rotatable bonds is 8. The highest BCUT2D eigenvalue weighted by Gasteiger charge is 2.21. The van der Waals surface area contributed by atoms with Gasteiger partial charge in [0, 0.05) is 27.9 Å². The van der Waals surface area contributed by atoms with Crippen molar-refractivity contribution in [3.05, 3.63) is 231 Å². The van der Waals surface area contributed by atoms with Gasteiger partial charge in [-0.2, -0.15) is 0 Å². The van der Waals surface area contributed by atoms with E-state index in [1.165, 1.54) is 33.4 Å². The molecule has 282 valence electrons. The molecule has 3 heteroatoms. The lowest BCUT2D eigenvalue weighted by Crippen LogP contribution is -2.11. The van der Waals surface area contributed by atoms with Gasteiger partial charge in [0.25, 0.3) is 0 Å². The van der Waals surface area contributed by atoms with Crippen LogP contribution in [0.1, 0.15) is 0 Å². The predicted octanol–water partition coefficient (Wildman–Crippen LogP) is 15.9. The molecule has 1 heterocycles. The van der Waals surface area contributed by atoms with Crippen molar-refractivity contribution in [1.82, 2.24) is 4.98 Å². The van der Waals surface area contributed by atoms with E-state index in [-0.39, 0.29) is 0 Å². The smallest absolute Gasteiger partial charge is 0.227 e. The lowest BCUT2D eigenvalue weighted by atomic mass is 9.91. The largest absolute Gasteiger partial charge is 0.435 e. The van der Waals surface area contributed by atoms with E-state index in [1.54, 1.807) is 0 Å². The normalized spacial score (nSPS) is 11.3. The van der Waals surface area contributed by atoms with E-state index in [4.69, 9.17) is 9.40 Å². The number of benzene rings is 10. The minimum Gasteiger partial charge on any atom is -0.435 e. The molecule has 0 saturated heterocycles. The summed E-state index contributed by atoms with van der Waals surface area (Å²) in [4.78, 5) is 7.38. The Labute approximate surface area is 349 Å². The van der Waals surface area contributed by atoms with E-state index in [2.05, 4.69) is 205 Å². The summed E-state index contributed by atoms with van der Waals surface area (Å²) in [6.07, 6.45) is 0. The van der Waals surface area contributed by atoms with Gasteiger partial charge in [-0.05, 0) is 116 Å². The van der Waals surface area contributed by atoms with Crippen molar-refractivity contribution >= 4 is 49.7 Å². The first-order chi connectivity index (χ1) is 29.8. The van der Waals surface area contributed by atoms with Crippen LogP contribution in [0.4, 0.5) is 17.1 Å². The third kappa shape index (κ3) is 6.30. The highest BCUT2D eigenvalue weighted by atomic mass is 16.3. The molecule has 0 spiro atoms. The van der Waals surface area contributed by atoms with Crippen LogP contribution in [0, 0.1) is 0 Å². The molecule has 0 amide bonds. The maximum Gasteiger partial charge on any atom is 0.227 e. The second-order valence-electron chi connectivity index (χ2n) is 15.1. The van der Waals surface area contributed by atoms with Crippen molar-refractivity contribution in [3.8, 4) is 56.0 Å². The number of anilines is 3. The van der Waals surface area contributed by atoms with Crippen molar-refractivity contribution in [3.63, 3.8) is 0 Å². The summed E-state index contributed by atoms with van der Waals surface area (Å²) in [6.45, 7) is 0. The van der Waals surface area contributed by atoms with Gasteiger partial charge in [0.2, 0.25) is 5.89 Å². The van der Waals surface area contributed by atoms with Crippen LogP contribution in [-0.4, -0.2) is 4.98 Å². The van der Waals surface area contributed by atoms with E-state index < -0.39 is 0 Å². The summed E-state index contributed by atoms with van der Waals surface area (Å²) in [7, 11) is 0. The minimum absolute atomic E-state index is 0.614. The fourth-order valence-electron chi connectivity index (χ4n) is 8.69. The molecule has 11 rings (SSSR count). The molecule has 0 atom stereocenters. The average molecular weight is 767 g/mol. The molecule has 0 saturated carbocycles. The van der Waals surface area contributed by atoms with Gasteiger partial charge >= 0.3 is 0 Å². The molecule has 0 bridgehead atoms. The van der Waals surface area contributed by atoms with Gasteiger partial charge in [-0.1, -0.05) is 170 Å². The number of hydrogen-bond donors (Lipinski definition) is 0. The molecular weight excluding hydrogens is 729 g/mol. The third-order valence-electron chi connectivity index (χ3n) is 11.5. The Morgan fingerprint density at radius 2 is 0.900 bits per heavy atom. The Morgan fingerprint density at radius 3 is 1.60 bits per heavy atom. The molecule has 10 aromatic carbocycles. The van der Waals surface area contributed by atoms with Crippen LogP contribution in [0.15, 0.2) is 235 Å². The van der Waals surface area contributed by atoms with Crippen LogP contribution in [0.25, 0.3) is 88.6 Å². The third-order valence-corrected chi connectivity index (χ3v) is 11.5. The first-order valence-electron chi connectivity index (χ1n) is 20.4. The van der Waals surface area contributed by atoms with Crippen LogP contribution in [-0.2, 0) is 0 Å². The van der Waals surface area contributed by atoms with Gasteiger partial charge in [-0.3, -0.25) is 0 Å². The molecule has 0 aliphatic carbocycles. The fraction of sp³-hybridized carbons (Fsp3) is 0. The number of nitrogens with zero attached hydrogens (tertiary/aromatic N) is 2. The lowest BCUT2D eigenvalue weighted by Gasteiger charge is -2.28. The van der Waals surface area contributed by atoms with Gasteiger partial charge in [-0.15, -0.1) is 0 Å². The topological polar surface area (TPSA) is 29.3 Å². The molecule has 60 heavy (non-hydrogen) atoms. The lowest BCUT2D eigenvalue weighted by molar-refractivity contribution is 0.623. The molecule has 3 nitrogen and oxygen atoms in total.